The molecule has 1 N–H and O–H groups in total. The molecule has 0 radical (unpaired) electrons. The smallest absolute Gasteiger partial charge is 0.152 e. The summed E-state index contributed by atoms with van der Waals surface area (Å²) in [4.78, 5) is 11.0. The Hall–Kier alpha value is -1.77. The highest BCUT2D eigenvalue weighted by molar-refractivity contribution is 5.88. The Kier molecular flexibility index (Phi) is 3.18. The zero-order valence-corrected chi connectivity index (χ0v) is 10.1. The fourth-order valence-electron chi connectivity index (χ4n) is 2.09. The molecule has 0 aliphatic carbocycles. The Morgan fingerprint density at radius 1 is 1.47 bits per heavy atom. The van der Waals surface area contributed by atoms with Crippen LogP contribution in [0.1, 0.15) is 25.8 Å². The van der Waals surface area contributed by atoms with Crippen LogP contribution in [0.4, 0.5) is 0 Å². The SMILES string of the molecule is CC(=O)/C=C(\C)C1CCc2ccc(O)cc2O1. The van der Waals surface area contributed by atoms with Gasteiger partial charge in [0.05, 0.1) is 0 Å². The Morgan fingerprint density at radius 2 is 2.24 bits per heavy atom. The number of hydrogen-bond acceptors (Lipinski definition) is 3. The van der Waals surface area contributed by atoms with E-state index in [9.17, 15) is 9.90 Å². The fourth-order valence-corrected chi connectivity index (χ4v) is 2.09. The molecule has 17 heavy (non-hydrogen) atoms. The van der Waals surface area contributed by atoms with E-state index >= 15 is 0 Å². The zero-order valence-electron chi connectivity index (χ0n) is 10.1. The molecule has 90 valence electrons. The van der Waals surface area contributed by atoms with Gasteiger partial charge in [0.1, 0.15) is 17.6 Å². The predicted octanol–water partition coefficient (Wildman–Crippen LogP) is 2.62. The van der Waals surface area contributed by atoms with Crippen LogP contribution < -0.4 is 4.74 Å². The van der Waals surface area contributed by atoms with Crippen molar-refractivity contribution < 1.29 is 14.6 Å². The number of aryl methyl sites for hydroxylation is 1. The van der Waals surface area contributed by atoms with Gasteiger partial charge in [0, 0.05) is 6.07 Å². The summed E-state index contributed by atoms with van der Waals surface area (Å²) in [6.07, 6.45) is 3.32. The Labute approximate surface area is 101 Å². The number of fused-ring (bicyclic) bond motifs is 1. The van der Waals surface area contributed by atoms with Gasteiger partial charge in [0.25, 0.3) is 0 Å². The summed E-state index contributed by atoms with van der Waals surface area (Å²) in [7, 11) is 0. The lowest BCUT2D eigenvalue weighted by Gasteiger charge is -2.26. The Morgan fingerprint density at radius 3 is 2.94 bits per heavy atom. The quantitative estimate of drug-likeness (QED) is 0.797. The van der Waals surface area contributed by atoms with E-state index in [1.807, 2.05) is 13.0 Å². The highest BCUT2D eigenvalue weighted by Crippen LogP contribution is 2.32. The van der Waals surface area contributed by atoms with Crippen molar-refractivity contribution in [3.8, 4) is 11.5 Å². The number of allylic oxidation sites excluding steroid dienone is 1. The van der Waals surface area contributed by atoms with Crippen LogP contribution in [0.15, 0.2) is 29.8 Å². The second-order valence-electron chi connectivity index (χ2n) is 4.44. The van der Waals surface area contributed by atoms with Gasteiger partial charge in [-0.05, 0) is 50.0 Å². The first-order valence-corrected chi connectivity index (χ1v) is 5.73. The van der Waals surface area contributed by atoms with E-state index < -0.39 is 0 Å². The number of carbonyl (C=O) groups excluding carboxylic acids is 1. The Balaban J connectivity index is 2.21. The molecule has 1 aromatic carbocycles. The standard InChI is InChI=1S/C14H16O3/c1-9(7-10(2)15)13-6-4-11-3-5-12(16)8-14(11)17-13/h3,5,7-8,13,16H,4,6H2,1-2H3/b9-7+. The number of ether oxygens (including phenoxy) is 1. The van der Waals surface area contributed by atoms with E-state index in [1.165, 1.54) is 6.92 Å². The van der Waals surface area contributed by atoms with Crippen LogP contribution in [0.25, 0.3) is 0 Å². The maximum atomic E-state index is 11.0. The summed E-state index contributed by atoms with van der Waals surface area (Å²) < 4.78 is 5.79. The molecule has 0 fully saturated rings. The molecule has 0 spiro atoms. The maximum absolute atomic E-state index is 11.0. The van der Waals surface area contributed by atoms with E-state index in [0.717, 1.165) is 29.7 Å². The number of rotatable bonds is 2. The van der Waals surface area contributed by atoms with Gasteiger partial charge < -0.3 is 9.84 Å². The van der Waals surface area contributed by atoms with Gasteiger partial charge in [0.2, 0.25) is 0 Å². The van der Waals surface area contributed by atoms with Gasteiger partial charge in [-0.25, -0.2) is 0 Å². The number of ketones is 1. The molecule has 0 saturated heterocycles. The lowest BCUT2D eigenvalue weighted by atomic mass is 9.97. The summed E-state index contributed by atoms with van der Waals surface area (Å²) in [6, 6.07) is 5.17. The van der Waals surface area contributed by atoms with Crippen molar-refractivity contribution in [3.05, 3.63) is 35.4 Å². The maximum Gasteiger partial charge on any atom is 0.152 e. The van der Waals surface area contributed by atoms with Gasteiger partial charge in [-0.2, -0.15) is 0 Å². The highest BCUT2D eigenvalue weighted by Gasteiger charge is 2.21. The van der Waals surface area contributed by atoms with E-state index in [-0.39, 0.29) is 17.6 Å². The van der Waals surface area contributed by atoms with Crippen molar-refractivity contribution in [2.24, 2.45) is 0 Å². The fraction of sp³-hybridized carbons (Fsp3) is 0.357. The third kappa shape index (κ3) is 2.67. The van der Waals surface area contributed by atoms with Gasteiger partial charge in [-0.1, -0.05) is 6.07 Å². The molecule has 2 rings (SSSR count). The molecular formula is C14H16O3. The number of phenolic OH excluding ortho intramolecular Hbond substituents is 1. The Bertz CT molecular complexity index is 474. The lowest BCUT2D eigenvalue weighted by Crippen LogP contribution is -2.24. The first kappa shape index (κ1) is 11.7. The second kappa shape index (κ2) is 4.62. The summed E-state index contributed by atoms with van der Waals surface area (Å²) in [5, 5.41) is 9.41. The van der Waals surface area contributed by atoms with Crippen molar-refractivity contribution in [2.75, 3.05) is 0 Å². The van der Waals surface area contributed by atoms with E-state index in [4.69, 9.17) is 4.74 Å². The van der Waals surface area contributed by atoms with Gasteiger partial charge in [-0.15, -0.1) is 0 Å². The van der Waals surface area contributed by atoms with Crippen LogP contribution in [0.3, 0.4) is 0 Å². The molecule has 0 saturated carbocycles. The molecule has 0 amide bonds. The molecule has 1 heterocycles. The van der Waals surface area contributed by atoms with Gasteiger partial charge >= 0.3 is 0 Å². The summed E-state index contributed by atoms with van der Waals surface area (Å²) in [5.74, 6) is 0.961. The monoisotopic (exact) mass is 232 g/mol. The number of benzene rings is 1. The minimum atomic E-state index is -0.0619. The summed E-state index contributed by atoms with van der Waals surface area (Å²) in [6.45, 7) is 3.44. The van der Waals surface area contributed by atoms with E-state index in [0.29, 0.717) is 0 Å². The van der Waals surface area contributed by atoms with Crippen LogP contribution >= 0.6 is 0 Å². The third-order valence-corrected chi connectivity index (χ3v) is 2.93. The molecule has 0 bridgehead atoms. The van der Waals surface area contributed by atoms with Crippen LogP contribution in [-0.2, 0) is 11.2 Å². The normalized spacial score (nSPS) is 19.4. The first-order valence-electron chi connectivity index (χ1n) is 5.73. The minimum Gasteiger partial charge on any atom is -0.508 e. The van der Waals surface area contributed by atoms with Crippen LogP contribution in [0.2, 0.25) is 0 Å². The van der Waals surface area contributed by atoms with Crippen LogP contribution in [-0.4, -0.2) is 17.0 Å². The van der Waals surface area contributed by atoms with E-state index in [1.54, 1.807) is 18.2 Å². The molecular weight excluding hydrogens is 216 g/mol. The highest BCUT2D eigenvalue weighted by atomic mass is 16.5. The number of carbonyl (C=O) groups is 1. The molecule has 1 unspecified atom stereocenters. The molecule has 1 aliphatic rings. The lowest BCUT2D eigenvalue weighted by molar-refractivity contribution is -0.112. The average Bonchev–Trinajstić information content (AvgIpc) is 2.27. The zero-order chi connectivity index (χ0) is 12.4. The topological polar surface area (TPSA) is 46.5 Å². The third-order valence-electron chi connectivity index (χ3n) is 2.93. The van der Waals surface area contributed by atoms with Gasteiger partial charge in [-0.3, -0.25) is 4.79 Å². The minimum absolute atomic E-state index is 0.0350. The number of phenols is 1. The van der Waals surface area contributed by atoms with E-state index in [2.05, 4.69) is 0 Å². The molecule has 3 heteroatoms. The number of hydrogen-bond donors (Lipinski definition) is 1. The predicted molar refractivity (Wildman–Crippen MR) is 65.3 cm³/mol. The van der Waals surface area contributed by atoms with Gasteiger partial charge in [0.15, 0.2) is 5.78 Å². The van der Waals surface area contributed by atoms with Crippen molar-refractivity contribution in [1.29, 1.82) is 0 Å². The van der Waals surface area contributed by atoms with Crippen molar-refractivity contribution in [3.63, 3.8) is 0 Å². The average molecular weight is 232 g/mol. The summed E-state index contributed by atoms with van der Waals surface area (Å²) >= 11 is 0. The number of aromatic hydroxyl groups is 1. The molecule has 1 aromatic rings. The van der Waals surface area contributed by atoms with Crippen LogP contribution in [0.5, 0.6) is 11.5 Å². The first-order chi connectivity index (χ1) is 8.06. The van der Waals surface area contributed by atoms with Crippen molar-refractivity contribution in [2.45, 2.75) is 32.8 Å². The van der Waals surface area contributed by atoms with Crippen molar-refractivity contribution >= 4 is 5.78 Å². The van der Waals surface area contributed by atoms with Crippen LogP contribution in [0, 0.1) is 0 Å². The molecule has 0 aromatic heterocycles. The second-order valence-corrected chi connectivity index (χ2v) is 4.44. The van der Waals surface area contributed by atoms with Crippen molar-refractivity contribution in [1.82, 2.24) is 0 Å². The molecule has 1 atom stereocenters. The largest absolute Gasteiger partial charge is 0.508 e. The molecule has 3 nitrogen and oxygen atoms in total. The summed E-state index contributed by atoms with van der Waals surface area (Å²) in [5.41, 5.74) is 2.04. The molecule has 1 aliphatic heterocycles.